The Kier molecular flexibility index (Phi) is 8.49. The Morgan fingerprint density at radius 1 is 0.893 bits per heavy atom. The third-order valence-corrected chi connectivity index (χ3v) is 5.81. The van der Waals surface area contributed by atoms with Crippen LogP contribution in [0.3, 0.4) is 0 Å². The molecule has 0 bridgehead atoms. The molecule has 164 valence electrons. The van der Waals surface area contributed by atoms with E-state index in [1.807, 2.05) is 18.2 Å². The van der Waals surface area contributed by atoms with Crippen molar-refractivity contribution in [3.63, 3.8) is 0 Å². The number of aliphatic hydroxyl groups excluding tert-OH is 1. The van der Waals surface area contributed by atoms with Crippen LogP contribution in [0.5, 0.6) is 0 Å². The Morgan fingerprint density at radius 3 is 1.50 bits per heavy atom. The van der Waals surface area contributed by atoms with Gasteiger partial charge in [-0.3, -0.25) is 0 Å². The fourth-order valence-electron chi connectivity index (χ4n) is 1.69. The van der Waals surface area contributed by atoms with Crippen LogP contribution in [0.2, 0.25) is 0 Å². The first kappa shape index (κ1) is 26.6. The lowest BCUT2D eigenvalue weighted by Crippen LogP contribution is -2.40. The van der Waals surface area contributed by atoms with Gasteiger partial charge in [0, 0.05) is 5.56 Å². The summed E-state index contributed by atoms with van der Waals surface area (Å²) in [7, 11) is -7.17. The highest BCUT2D eigenvalue weighted by atomic mass is 32.3. The molecule has 1 aromatic carbocycles. The van der Waals surface area contributed by atoms with Crippen molar-refractivity contribution >= 4 is 20.0 Å². The predicted molar refractivity (Wildman–Crippen MR) is 87.6 cm³/mol. The maximum absolute atomic E-state index is 11.4. The molecule has 1 aromatic rings. The van der Waals surface area contributed by atoms with Crippen molar-refractivity contribution in [3.8, 4) is 0 Å². The van der Waals surface area contributed by atoms with Crippen molar-refractivity contribution < 1.29 is 52.8 Å². The van der Waals surface area contributed by atoms with E-state index in [0.717, 1.165) is 8.61 Å². The van der Waals surface area contributed by atoms with Gasteiger partial charge >= 0.3 is 11.0 Å². The lowest BCUT2D eigenvalue weighted by atomic mass is 10.1. The van der Waals surface area contributed by atoms with Crippen LogP contribution in [-0.4, -0.2) is 65.2 Å². The highest BCUT2D eigenvalue weighted by Gasteiger charge is 2.46. The van der Waals surface area contributed by atoms with Gasteiger partial charge in [-0.1, -0.05) is 30.3 Å². The van der Waals surface area contributed by atoms with Gasteiger partial charge in [-0.15, -0.1) is 0 Å². The molecule has 1 unspecified atom stereocenters. The van der Waals surface area contributed by atoms with Crippen molar-refractivity contribution in [3.05, 3.63) is 40.0 Å². The third kappa shape index (κ3) is 7.54. The minimum Gasteiger partial charge on any atom is -0.421 e. The lowest BCUT2D eigenvalue weighted by Gasteiger charge is -2.33. The average molecular weight is 460 g/mol. The van der Waals surface area contributed by atoms with Crippen molar-refractivity contribution in [1.29, 1.82) is 0 Å². The Hall–Kier alpha value is -1.42. The van der Waals surface area contributed by atoms with E-state index in [1.54, 1.807) is 0 Å². The van der Waals surface area contributed by atoms with Crippen LogP contribution in [0.4, 0.5) is 26.3 Å². The third-order valence-electron chi connectivity index (χ3n) is 3.07. The zero-order chi connectivity index (χ0) is 22.6. The minimum absolute atomic E-state index is 0.168. The molecule has 1 N–H and O–H groups in total. The van der Waals surface area contributed by atoms with Crippen LogP contribution >= 0.6 is 0 Å². The average Bonchev–Trinajstić information content (AvgIpc) is 2.44. The van der Waals surface area contributed by atoms with Crippen LogP contribution < -0.4 is 0 Å². The molecule has 0 heterocycles. The van der Waals surface area contributed by atoms with E-state index in [4.69, 9.17) is 0 Å². The summed E-state index contributed by atoms with van der Waals surface area (Å²) in [4.78, 5) is 0. The molecule has 0 aliphatic carbocycles. The number of rotatable bonds is 5. The van der Waals surface area contributed by atoms with Gasteiger partial charge in [0.1, 0.15) is 6.04 Å². The topological polar surface area (TPSA) is 103 Å². The number of benzene rings is 1. The van der Waals surface area contributed by atoms with Crippen LogP contribution in [0.25, 0.3) is 4.13 Å². The first-order valence-electron chi connectivity index (χ1n) is 7.10. The molecule has 0 fully saturated rings. The monoisotopic (exact) mass is 460 g/mol. The second-order valence-corrected chi connectivity index (χ2v) is 9.56. The fourth-order valence-corrected chi connectivity index (χ4v) is 3.40. The number of nitrogens with zero attached hydrogens (tertiary/aromatic N) is 2. The molecule has 0 radical (unpaired) electrons. The molecule has 0 aliphatic heterocycles. The molecule has 28 heavy (non-hydrogen) atoms. The number of halogens is 6. The van der Waals surface area contributed by atoms with Gasteiger partial charge in [0.2, 0.25) is 0 Å². The van der Waals surface area contributed by atoms with E-state index < -0.39 is 31.1 Å². The number of sulfonamides is 2. The largest absolute Gasteiger partial charge is 0.480 e. The first-order chi connectivity index (χ1) is 12.3. The zero-order valence-electron chi connectivity index (χ0n) is 14.7. The van der Waals surface area contributed by atoms with Gasteiger partial charge in [0.15, 0.2) is 20.0 Å². The summed E-state index contributed by atoms with van der Waals surface area (Å²) in [5, 5.41) is 9.30. The SMILES string of the molecule is C[N+](C)(C)C(CO)c1ccccc1.O=S(=O)([N-]S(=O)(=O)C(F)(F)F)C(F)(F)F. The van der Waals surface area contributed by atoms with Gasteiger partial charge < -0.3 is 13.7 Å². The predicted octanol–water partition coefficient (Wildman–Crippen LogP) is 2.49. The summed E-state index contributed by atoms with van der Waals surface area (Å²) in [5.41, 5.74) is -11.2. The number of aliphatic hydroxyl groups is 1. The molecular formula is C13H18F6N2O5S2. The van der Waals surface area contributed by atoms with E-state index in [1.165, 1.54) is 5.56 Å². The summed E-state index contributed by atoms with van der Waals surface area (Å²) in [6, 6.07) is 10.3. The van der Waals surface area contributed by atoms with E-state index in [9.17, 15) is 48.3 Å². The highest BCUT2D eigenvalue weighted by molar-refractivity contribution is 8.13. The number of hydrogen-bond donors (Lipinski definition) is 1. The van der Waals surface area contributed by atoms with Gasteiger partial charge in [-0.2, -0.15) is 26.3 Å². The molecule has 15 heteroatoms. The second kappa shape index (κ2) is 8.94. The molecular weight excluding hydrogens is 442 g/mol. The Balaban J connectivity index is 0.000000525. The van der Waals surface area contributed by atoms with E-state index in [0.29, 0.717) is 0 Å². The molecule has 1 atom stereocenters. The molecule has 0 aromatic heterocycles. The van der Waals surface area contributed by atoms with Crippen molar-refractivity contribution in [2.45, 2.75) is 17.1 Å². The van der Waals surface area contributed by atoms with Gasteiger partial charge in [-0.05, 0) is 0 Å². The molecule has 0 saturated heterocycles. The molecule has 1 rings (SSSR count). The number of alkyl halides is 6. The summed E-state index contributed by atoms with van der Waals surface area (Å²) < 4.78 is 110. The number of hydrogen-bond acceptors (Lipinski definition) is 5. The number of likely N-dealkylation sites (N-methyl/N-ethyl adjacent to an activating group) is 1. The maximum Gasteiger partial charge on any atom is 0.480 e. The summed E-state index contributed by atoms with van der Waals surface area (Å²) in [6.07, 6.45) is 0. The van der Waals surface area contributed by atoms with Crippen molar-refractivity contribution in [1.82, 2.24) is 0 Å². The van der Waals surface area contributed by atoms with Gasteiger partial charge in [-0.25, -0.2) is 16.8 Å². The van der Waals surface area contributed by atoms with Crippen LogP contribution in [0.1, 0.15) is 11.6 Å². The zero-order valence-corrected chi connectivity index (χ0v) is 16.4. The quantitative estimate of drug-likeness (QED) is 0.537. The summed E-state index contributed by atoms with van der Waals surface area (Å²) in [5.74, 6) is 0. The Morgan fingerprint density at radius 2 is 1.25 bits per heavy atom. The van der Waals surface area contributed by atoms with Crippen LogP contribution in [-0.2, 0) is 20.0 Å². The van der Waals surface area contributed by atoms with E-state index >= 15 is 0 Å². The minimum atomic E-state index is -6.72. The number of quaternary nitrogens is 1. The summed E-state index contributed by atoms with van der Waals surface area (Å²) in [6.45, 7) is 0.188. The Labute approximate surface area is 158 Å². The van der Waals surface area contributed by atoms with Gasteiger partial charge in [0.25, 0.3) is 0 Å². The first-order valence-corrected chi connectivity index (χ1v) is 9.98. The van der Waals surface area contributed by atoms with E-state index in [2.05, 4.69) is 33.3 Å². The molecule has 0 amide bonds. The fraction of sp³-hybridized carbons (Fsp3) is 0.538. The van der Waals surface area contributed by atoms with Crippen LogP contribution in [0, 0.1) is 0 Å². The van der Waals surface area contributed by atoms with Gasteiger partial charge in [0.05, 0.1) is 27.7 Å². The van der Waals surface area contributed by atoms with Crippen molar-refractivity contribution in [2.75, 3.05) is 27.7 Å². The molecule has 0 saturated carbocycles. The van der Waals surface area contributed by atoms with Crippen LogP contribution in [0.15, 0.2) is 30.3 Å². The maximum atomic E-state index is 11.4. The molecule has 0 aliphatic rings. The summed E-state index contributed by atoms with van der Waals surface area (Å²) >= 11 is 0. The normalized spacial score (nSPS) is 14.8. The lowest BCUT2D eigenvalue weighted by molar-refractivity contribution is -0.902. The highest BCUT2D eigenvalue weighted by Crippen LogP contribution is 2.36. The second-order valence-electron chi connectivity index (χ2n) is 6.14. The standard InChI is InChI=1S/C11H18NO.C2F6NO4S2/c1-12(2,3)11(9-13)10-7-5-4-6-8-10;3-1(4,5)14(10,11)9-15(12,13)2(6,7)8/h4-8,11,13H,9H2,1-3H3;/q+1;-1. The Bertz CT molecular complexity index is 789. The van der Waals surface area contributed by atoms with E-state index in [-0.39, 0.29) is 12.6 Å². The molecule has 0 spiro atoms. The smallest absolute Gasteiger partial charge is 0.421 e. The van der Waals surface area contributed by atoms with Crippen molar-refractivity contribution in [2.24, 2.45) is 0 Å². The molecule has 7 nitrogen and oxygen atoms in total.